The molecule has 2 aliphatic rings. The molecule has 0 unspecified atom stereocenters. The van der Waals surface area contributed by atoms with Crippen molar-refractivity contribution >= 4 is 16.0 Å². The number of nitrogens with one attached hydrogen (secondary N) is 2. The molecule has 0 bridgehead atoms. The molecule has 0 spiro atoms. The van der Waals surface area contributed by atoms with E-state index in [9.17, 15) is 8.42 Å². The first kappa shape index (κ1) is 16.3. The van der Waals surface area contributed by atoms with Gasteiger partial charge in [0.2, 0.25) is 10.0 Å². The second-order valence-electron chi connectivity index (χ2n) is 5.11. The minimum absolute atomic E-state index is 0.0661. The molecule has 0 radical (unpaired) electrons. The van der Waals surface area contributed by atoms with E-state index >= 15 is 0 Å². The predicted octanol–water partition coefficient (Wildman–Crippen LogP) is -0.468. The smallest absolute Gasteiger partial charge is 0.215 e. The van der Waals surface area contributed by atoms with Crippen molar-refractivity contribution in [2.24, 2.45) is 4.99 Å². The molecule has 0 atom stereocenters. The molecule has 0 amide bonds. The van der Waals surface area contributed by atoms with Crippen LogP contribution in [0.3, 0.4) is 0 Å². The summed E-state index contributed by atoms with van der Waals surface area (Å²) in [5, 5.41) is 6.34. The number of hydrogen-bond acceptors (Lipinski definition) is 4. The van der Waals surface area contributed by atoms with Crippen LogP contribution in [0.5, 0.6) is 0 Å². The van der Waals surface area contributed by atoms with Crippen molar-refractivity contribution in [3.63, 3.8) is 0 Å². The van der Waals surface area contributed by atoms with Gasteiger partial charge in [0.15, 0.2) is 5.96 Å². The van der Waals surface area contributed by atoms with E-state index in [1.807, 2.05) is 0 Å². The molecule has 2 N–H and O–H groups in total. The van der Waals surface area contributed by atoms with Crippen LogP contribution in [0.25, 0.3) is 0 Å². The van der Waals surface area contributed by atoms with E-state index in [1.165, 1.54) is 4.31 Å². The third-order valence-electron chi connectivity index (χ3n) is 3.59. The summed E-state index contributed by atoms with van der Waals surface area (Å²) >= 11 is 0. The molecule has 1 saturated heterocycles. The summed E-state index contributed by atoms with van der Waals surface area (Å²) < 4.78 is 31.0. The number of nitrogens with zero attached hydrogens (tertiary/aromatic N) is 2. The van der Waals surface area contributed by atoms with Crippen LogP contribution in [0.2, 0.25) is 0 Å². The standard InChI is InChI=1S/C13H24N4O3S/c1-14-13(16-12-4-2-3-5-12)15-6-11-21(18,19)17-7-9-20-10-8-17/h2-3,12H,4-11H2,1H3,(H2,14,15,16). The molecule has 7 nitrogen and oxygen atoms in total. The Morgan fingerprint density at radius 1 is 1.33 bits per heavy atom. The number of hydrogen-bond donors (Lipinski definition) is 2. The van der Waals surface area contributed by atoms with Crippen LogP contribution in [0, 0.1) is 0 Å². The normalized spacial score (nSPS) is 21.7. The largest absolute Gasteiger partial charge is 0.379 e. The molecule has 0 aromatic carbocycles. The highest BCUT2D eigenvalue weighted by molar-refractivity contribution is 7.89. The molecule has 0 aromatic rings. The minimum Gasteiger partial charge on any atom is -0.379 e. The first-order chi connectivity index (χ1) is 10.1. The van der Waals surface area contributed by atoms with Gasteiger partial charge in [-0.15, -0.1) is 0 Å². The molecule has 1 aliphatic heterocycles. The number of rotatable bonds is 5. The number of morpholine rings is 1. The van der Waals surface area contributed by atoms with E-state index < -0.39 is 10.0 Å². The van der Waals surface area contributed by atoms with Crippen molar-refractivity contribution in [3.8, 4) is 0 Å². The summed E-state index contributed by atoms with van der Waals surface area (Å²) in [4.78, 5) is 4.12. The molecule has 2 rings (SSSR count). The van der Waals surface area contributed by atoms with Gasteiger partial charge in [0.25, 0.3) is 0 Å². The van der Waals surface area contributed by atoms with Crippen LogP contribution < -0.4 is 10.6 Å². The first-order valence-corrected chi connectivity index (χ1v) is 8.90. The average Bonchev–Trinajstić information content (AvgIpc) is 3.00. The molecule has 0 aromatic heterocycles. The van der Waals surface area contributed by atoms with Gasteiger partial charge in [0.1, 0.15) is 0 Å². The van der Waals surface area contributed by atoms with E-state index in [-0.39, 0.29) is 5.75 Å². The molecular formula is C13H24N4O3S. The van der Waals surface area contributed by atoms with Crippen LogP contribution in [0.4, 0.5) is 0 Å². The Morgan fingerprint density at radius 3 is 2.62 bits per heavy atom. The van der Waals surface area contributed by atoms with Crippen molar-refractivity contribution in [3.05, 3.63) is 12.2 Å². The lowest BCUT2D eigenvalue weighted by molar-refractivity contribution is 0.0730. The van der Waals surface area contributed by atoms with Crippen molar-refractivity contribution in [1.82, 2.24) is 14.9 Å². The van der Waals surface area contributed by atoms with E-state index in [2.05, 4.69) is 27.8 Å². The lowest BCUT2D eigenvalue weighted by Gasteiger charge is -2.26. The van der Waals surface area contributed by atoms with E-state index in [1.54, 1.807) is 7.05 Å². The Hall–Kier alpha value is -1.12. The van der Waals surface area contributed by atoms with Crippen molar-refractivity contribution in [2.75, 3.05) is 45.6 Å². The zero-order valence-corrected chi connectivity index (χ0v) is 13.2. The highest BCUT2D eigenvalue weighted by Gasteiger charge is 2.23. The molecule has 0 saturated carbocycles. The summed E-state index contributed by atoms with van der Waals surface area (Å²) in [6.07, 6.45) is 6.22. The maximum atomic E-state index is 12.2. The van der Waals surface area contributed by atoms with Crippen molar-refractivity contribution in [1.29, 1.82) is 0 Å². The summed E-state index contributed by atoms with van der Waals surface area (Å²) in [6, 6.07) is 0.354. The Bertz CT molecular complexity index is 476. The van der Waals surface area contributed by atoms with Crippen LogP contribution in [0.1, 0.15) is 12.8 Å². The van der Waals surface area contributed by atoms with Gasteiger partial charge in [-0.2, -0.15) is 4.31 Å². The second kappa shape index (κ2) is 7.77. The van der Waals surface area contributed by atoms with Gasteiger partial charge in [-0.3, -0.25) is 4.99 Å². The maximum Gasteiger partial charge on any atom is 0.215 e. The highest BCUT2D eigenvalue weighted by Crippen LogP contribution is 2.08. The highest BCUT2D eigenvalue weighted by atomic mass is 32.2. The van der Waals surface area contributed by atoms with Crippen LogP contribution >= 0.6 is 0 Å². The lowest BCUT2D eigenvalue weighted by atomic mass is 10.2. The molecular weight excluding hydrogens is 292 g/mol. The molecule has 1 aliphatic carbocycles. The SMILES string of the molecule is CN=C(NCCS(=O)(=O)N1CCOCC1)NC1CC=CC1. The summed E-state index contributed by atoms with van der Waals surface area (Å²) in [6.45, 7) is 2.20. The Kier molecular flexibility index (Phi) is 6.01. The minimum atomic E-state index is -3.22. The Morgan fingerprint density at radius 2 is 2.00 bits per heavy atom. The van der Waals surface area contributed by atoms with E-state index in [4.69, 9.17) is 4.74 Å². The summed E-state index contributed by atoms with van der Waals surface area (Å²) in [7, 11) is -1.53. The monoisotopic (exact) mass is 316 g/mol. The molecule has 21 heavy (non-hydrogen) atoms. The topological polar surface area (TPSA) is 83.0 Å². The van der Waals surface area contributed by atoms with E-state index in [0.29, 0.717) is 44.8 Å². The number of aliphatic imine (C=N–C) groups is 1. The van der Waals surface area contributed by atoms with Crippen LogP contribution in [-0.2, 0) is 14.8 Å². The zero-order chi connectivity index (χ0) is 15.1. The fraction of sp³-hybridized carbons (Fsp3) is 0.769. The van der Waals surface area contributed by atoms with Gasteiger partial charge in [-0.05, 0) is 12.8 Å². The van der Waals surface area contributed by atoms with Gasteiger partial charge in [-0.25, -0.2) is 8.42 Å². The van der Waals surface area contributed by atoms with Crippen molar-refractivity contribution < 1.29 is 13.2 Å². The Balaban J connectivity index is 1.73. The molecule has 1 heterocycles. The van der Waals surface area contributed by atoms with E-state index in [0.717, 1.165) is 12.8 Å². The van der Waals surface area contributed by atoms with Crippen LogP contribution in [-0.4, -0.2) is 70.4 Å². The molecule has 1 fully saturated rings. The predicted molar refractivity (Wildman–Crippen MR) is 82.8 cm³/mol. The molecule has 8 heteroatoms. The maximum absolute atomic E-state index is 12.2. The Labute approximate surface area is 126 Å². The van der Waals surface area contributed by atoms with Gasteiger partial charge in [0.05, 0.1) is 19.0 Å². The summed E-state index contributed by atoms with van der Waals surface area (Å²) in [5.41, 5.74) is 0. The first-order valence-electron chi connectivity index (χ1n) is 7.29. The average molecular weight is 316 g/mol. The van der Waals surface area contributed by atoms with Gasteiger partial charge in [0, 0.05) is 32.7 Å². The fourth-order valence-corrected chi connectivity index (χ4v) is 3.70. The number of guanidine groups is 1. The molecule has 120 valence electrons. The lowest BCUT2D eigenvalue weighted by Crippen LogP contribution is -2.46. The second-order valence-corrected chi connectivity index (χ2v) is 7.20. The van der Waals surface area contributed by atoms with Gasteiger partial charge in [-0.1, -0.05) is 12.2 Å². The van der Waals surface area contributed by atoms with Crippen LogP contribution in [0.15, 0.2) is 17.1 Å². The summed E-state index contributed by atoms with van der Waals surface area (Å²) in [5.74, 6) is 0.720. The quantitative estimate of drug-likeness (QED) is 0.407. The van der Waals surface area contributed by atoms with Gasteiger partial charge >= 0.3 is 0 Å². The number of ether oxygens (including phenoxy) is 1. The van der Waals surface area contributed by atoms with Crippen molar-refractivity contribution in [2.45, 2.75) is 18.9 Å². The van der Waals surface area contributed by atoms with Gasteiger partial charge < -0.3 is 15.4 Å². The number of sulfonamides is 1. The zero-order valence-electron chi connectivity index (χ0n) is 12.4. The third kappa shape index (κ3) is 4.98. The fourth-order valence-electron chi connectivity index (χ4n) is 2.38. The third-order valence-corrected chi connectivity index (χ3v) is 5.46.